The van der Waals surface area contributed by atoms with E-state index in [1.54, 1.807) is 30.3 Å². The SMILES string of the molecule is O=C(CS(=O)(=O)c1ccccc1)[C@H]1CCCN1C(c1ccccc1)(c1ccccc1)c1ccccc1. The van der Waals surface area contributed by atoms with Crippen LogP contribution in [0.5, 0.6) is 0 Å². The number of carbonyl (C=O) groups is 1. The van der Waals surface area contributed by atoms with E-state index in [1.807, 2.05) is 54.6 Å². The lowest BCUT2D eigenvalue weighted by Gasteiger charge is -2.46. The van der Waals surface area contributed by atoms with E-state index in [0.29, 0.717) is 13.0 Å². The second-order valence-corrected chi connectivity index (χ2v) is 11.2. The van der Waals surface area contributed by atoms with Gasteiger partial charge in [0.2, 0.25) is 0 Å². The minimum Gasteiger partial charge on any atom is -0.297 e. The highest BCUT2D eigenvalue weighted by Crippen LogP contribution is 2.46. The normalized spacial score (nSPS) is 16.6. The first kappa shape index (κ1) is 24.2. The number of carbonyl (C=O) groups excluding carboxylic acids is 1. The summed E-state index contributed by atoms with van der Waals surface area (Å²) in [7, 11) is -3.74. The van der Waals surface area contributed by atoms with Gasteiger partial charge in [-0.25, -0.2) is 8.42 Å². The zero-order valence-corrected chi connectivity index (χ0v) is 20.8. The molecule has 182 valence electrons. The molecule has 0 unspecified atom stereocenters. The molecule has 1 saturated heterocycles. The fourth-order valence-electron chi connectivity index (χ4n) is 5.53. The maximum Gasteiger partial charge on any atom is 0.185 e. The van der Waals surface area contributed by atoms with Crippen LogP contribution in [-0.4, -0.2) is 37.4 Å². The van der Waals surface area contributed by atoms with Gasteiger partial charge in [-0.3, -0.25) is 9.69 Å². The molecule has 1 fully saturated rings. The summed E-state index contributed by atoms with van der Waals surface area (Å²) in [4.78, 5) is 16.2. The summed E-state index contributed by atoms with van der Waals surface area (Å²) in [5, 5.41) is 0. The van der Waals surface area contributed by atoms with Gasteiger partial charge in [-0.1, -0.05) is 109 Å². The van der Waals surface area contributed by atoms with Gasteiger partial charge in [-0.15, -0.1) is 0 Å². The molecule has 0 aromatic heterocycles. The highest BCUT2D eigenvalue weighted by molar-refractivity contribution is 7.92. The average Bonchev–Trinajstić information content (AvgIpc) is 3.42. The Morgan fingerprint density at radius 1 is 0.694 bits per heavy atom. The first-order chi connectivity index (χ1) is 17.5. The fraction of sp³-hybridized carbons (Fsp3) is 0.194. The van der Waals surface area contributed by atoms with Gasteiger partial charge in [0.25, 0.3) is 0 Å². The van der Waals surface area contributed by atoms with Gasteiger partial charge in [-0.2, -0.15) is 0 Å². The number of ketones is 1. The Kier molecular flexibility index (Phi) is 6.86. The molecule has 1 atom stereocenters. The van der Waals surface area contributed by atoms with Gasteiger partial charge in [0.15, 0.2) is 15.6 Å². The molecule has 0 amide bonds. The van der Waals surface area contributed by atoms with Crippen molar-refractivity contribution >= 4 is 15.6 Å². The standard InChI is InChI=1S/C31H29NO3S/c33-30(24-36(34,35)28-20-11-4-12-21-28)29-22-13-23-32(29)31(25-14-5-1-6-15-25,26-16-7-2-8-17-26)27-18-9-3-10-19-27/h1-12,14-21,29H,13,22-24H2/t29-/m1/s1. The van der Waals surface area contributed by atoms with E-state index in [4.69, 9.17) is 0 Å². The Morgan fingerprint density at radius 2 is 1.11 bits per heavy atom. The molecule has 36 heavy (non-hydrogen) atoms. The summed E-state index contributed by atoms with van der Waals surface area (Å²) in [5.74, 6) is -0.768. The molecule has 5 heteroatoms. The molecule has 4 aromatic rings. The quantitative estimate of drug-likeness (QED) is 0.304. The Labute approximate surface area is 213 Å². The van der Waals surface area contributed by atoms with Crippen molar-refractivity contribution in [3.63, 3.8) is 0 Å². The second-order valence-electron chi connectivity index (χ2n) is 9.20. The van der Waals surface area contributed by atoms with E-state index < -0.39 is 27.2 Å². The predicted molar refractivity (Wildman–Crippen MR) is 142 cm³/mol. The van der Waals surface area contributed by atoms with Crippen LogP contribution in [0.4, 0.5) is 0 Å². The highest BCUT2D eigenvalue weighted by atomic mass is 32.2. The van der Waals surface area contributed by atoms with Crippen molar-refractivity contribution in [3.8, 4) is 0 Å². The number of sulfone groups is 1. The number of rotatable bonds is 8. The summed E-state index contributed by atoms with van der Waals surface area (Å²) in [6.07, 6.45) is 1.44. The van der Waals surface area contributed by atoms with E-state index >= 15 is 0 Å². The van der Waals surface area contributed by atoms with Crippen molar-refractivity contribution in [2.75, 3.05) is 12.3 Å². The average molecular weight is 496 g/mol. The second kappa shape index (κ2) is 10.2. The van der Waals surface area contributed by atoms with Crippen LogP contribution in [0.25, 0.3) is 0 Å². The molecular formula is C31H29NO3S. The van der Waals surface area contributed by atoms with Crippen molar-refractivity contribution in [2.24, 2.45) is 0 Å². The van der Waals surface area contributed by atoms with E-state index in [0.717, 1.165) is 23.1 Å². The van der Waals surface area contributed by atoms with Gasteiger partial charge in [-0.05, 0) is 41.7 Å². The number of hydrogen-bond acceptors (Lipinski definition) is 4. The molecule has 0 spiro atoms. The van der Waals surface area contributed by atoms with Crippen LogP contribution in [0.1, 0.15) is 29.5 Å². The van der Waals surface area contributed by atoms with E-state index in [2.05, 4.69) is 41.3 Å². The first-order valence-corrected chi connectivity index (χ1v) is 13.9. The number of hydrogen-bond donors (Lipinski definition) is 0. The Bertz CT molecular complexity index is 1310. The van der Waals surface area contributed by atoms with Crippen LogP contribution in [0.15, 0.2) is 126 Å². The third-order valence-corrected chi connectivity index (χ3v) is 8.72. The number of likely N-dealkylation sites (tertiary alicyclic amines) is 1. The van der Waals surface area contributed by atoms with E-state index in [-0.39, 0.29) is 10.7 Å². The van der Waals surface area contributed by atoms with Gasteiger partial charge in [0.1, 0.15) is 5.75 Å². The van der Waals surface area contributed by atoms with Crippen molar-refractivity contribution in [2.45, 2.75) is 29.3 Å². The van der Waals surface area contributed by atoms with Gasteiger partial charge < -0.3 is 0 Å². The zero-order chi connectivity index (χ0) is 25.0. The highest BCUT2D eigenvalue weighted by Gasteiger charge is 2.49. The first-order valence-electron chi connectivity index (χ1n) is 12.3. The summed E-state index contributed by atoms with van der Waals surface area (Å²) in [5.41, 5.74) is 2.41. The molecule has 0 N–H and O–H groups in total. The van der Waals surface area contributed by atoms with Crippen molar-refractivity contribution < 1.29 is 13.2 Å². The summed E-state index contributed by atoms with van der Waals surface area (Å²) in [6.45, 7) is 0.681. The van der Waals surface area contributed by atoms with Crippen LogP contribution in [-0.2, 0) is 20.2 Å². The molecule has 1 aliphatic rings. The summed E-state index contributed by atoms with van der Waals surface area (Å²) < 4.78 is 26.3. The lowest BCUT2D eigenvalue weighted by molar-refractivity contribution is -0.122. The molecule has 4 nitrogen and oxygen atoms in total. The van der Waals surface area contributed by atoms with Crippen LogP contribution >= 0.6 is 0 Å². The fourth-order valence-corrected chi connectivity index (χ4v) is 6.84. The summed E-state index contributed by atoms with van der Waals surface area (Å²) in [6, 6.07) is 38.4. The molecular weight excluding hydrogens is 466 g/mol. The monoisotopic (exact) mass is 495 g/mol. The topological polar surface area (TPSA) is 54.5 Å². The van der Waals surface area contributed by atoms with Gasteiger partial charge in [0, 0.05) is 6.54 Å². The zero-order valence-electron chi connectivity index (χ0n) is 20.0. The Balaban J connectivity index is 1.64. The number of Topliss-reactive ketones (excluding diaryl/α,β-unsaturated/α-hetero) is 1. The largest absolute Gasteiger partial charge is 0.297 e. The summed E-state index contributed by atoms with van der Waals surface area (Å²) >= 11 is 0. The number of nitrogens with zero attached hydrogens (tertiary/aromatic N) is 1. The molecule has 0 saturated carbocycles. The predicted octanol–water partition coefficient (Wildman–Crippen LogP) is 5.49. The van der Waals surface area contributed by atoms with Crippen molar-refractivity contribution in [1.82, 2.24) is 4.90 Å². The third kappa shape index (κ3) is 4.41. The van der Waals surface area contributed by atoms with Crippen molar-refractivity contribution in [3.05, 3.63) is 138 Å². The van der Waals surface area contributed by atoms with Gasteiger partial charge in [0.05, 0.1) is 16.5 Å². The third-order valence-electron chi connectivity index (χ3n) is 7.06. The Morgan fingerprint density at radius 3 is 1.56 bits per heavy atom. The molecule has 0 bridgehead atoms. The van der Waals surface area contributed by atoms with E-state index in [1.165, 1.54) is 0 Å². The minimum absolute atomic E-state index is 0.184. The number of benzene rings is 4. The maximum atomic E-state index is 13.8. The van der Waals surface area contributed by atoms with E-state index in [9.17, 15) is 13.2 Å². The van der Waals surface area contributed by atoms with Crippen LogP contribution in [0.2, 0.25) is 0 Å². The molecule has 4 aromatic carbocycles. The maximum absolute atomic E-state index is 13.8. The lowest BCUT2D eigenvalue weighted by atomic mass is 9.75. The minimum atomic E-state index is -3.74. The van der Waals surface area contributed by atoms with Gasteiger partial charge >= 0.3 is 0 Å². The van der Waals surface area contributed by atoms with Crippen LogP contribution < -0.4 is 0 Å². The molecule has 1 aliphatic heterocycles. The van der Waals surface area contributed by atoms with Crippen molar-refractivity contribution in [1.29, 1.82) is 0 Å². The van der Waals surface area contributed by atoms with Crippen LogP contribution in [0.3, 0.4) is 0 Å². The molecule has 0 aliphatic carbocycles. The molecule has 0 radical (unpaired) electrons. The Hall–Kier alpha value is -3.54. The van der Waals surface area contributed by atoms with Crippen LogP contribution in [0, 0.1) is 0 Å². The molecule has 5 rings (SSSR count). The molecule has 1 heterocycles. The lowest BCUT2D eigenvalue weighted by Crippen LogP contribution is -2.53. The smallest absolute Gasteiger partial charge is 0.185 e.